The molecule has 0 spiro atoms. The van der Waals surface area contributed by atoms with Crippen LogP contribution in [0.4, 0.5) is 0 Å². The van der Waals surface area contributed by atoms with Crippen molar-refractivity contribution in [2.45, 2.75) is 25.3 Å². The first-order valence-corrected chi connectivity index (χ1v) is 7.67. The number of ether oxygens (including phenoxy) is 1. The zero-order valence-corrected chi connectivity index (χ0v) is 12.4. The summed E-state index contributed by atoms with van der Waals surface area (Å²) >= 11 is 0. The van der Waals surface area contributed by atoms with Crippen LogP contribution in [0.15, 0.2) is 18.3 Å². The Labute approximate surface area is 125 Å². The molecule has 1 fully saturated rings. The van der Waals surface area contributed by atoms with Gasteiger partial charge in [0.05, 0.1) is 13.2 Å². The van der Waals surface area contributed by atoms with Crippen molar-refractivity contribution < 1.29 is 14.6 Å². The summed E-state index contributed by atoms with van der Waals surface area (Å²) in [7, 11) is 0. The maximum atomic E-state index is 12.2. The lowest BCUT2D eigenvalue weighted by Gasteiger charge is -2.25. The van der Waals surface area contributed by atoms with Gasteiger partial charge in [0.15, 0.2) is 0 Å². The normalized spacial score (nSPS) is 16.0. The van der Waals surface area contributed by atoms with Crippen molar-refractivity contribution in [2.75, 3.05) is 39.5 Å². The highest BCUT2D eigenvalue weighted by atomic mass is 16.5. The summed E-state index contributed by atoms with van der Waals surface area (Å²) in [5.74, 6) is -0.0271. The predicted molar refractivity (Wildman–Crippen MR) is 80.4 cm³/mol. The van der Waals surface area contributed by atoms with Gasteiger partial charge in [0.2, 0.25) is 0 Å². The van der Waals surface area contributed by atoms with E-state index in [4.69, 9.17) is 9.84 Å². The summed E-state index contributed by atoms with van der Waals surface area (Å²) in [5, 5.41) is 14.9. The van der Waals surface area contributed by atoms with Gasteiger partial charge < -0.3 is 25.0 Å². The molecule has 6 nitrogen and oxygen atoms in total. The third-order valence-corrected chi connectivity index (χ3v) is 3.70. The van der Waals surface area contributed by atoms with E-state index >= 15 is 0 Å². The second-order valence-electron chi connectivity index (χ2n) is 5.23. The van der Waals surface area contributed by atoms with E-state index in [0.29, 0.717) is 25.8 Å². The van der Waals surface area contributed by atoms with Gasteiger partial charge in [0.25, 0.3) is 5.91 Å². The van der Waals surface area contributed by atoms with Crippen molar-refractivity contribution >= 4 is 5.91 Å². The van der Waals surface area contributed by atoms with Crippen LogP contribution >= 0.6 is 0 Å². The van der Waals surface area contributed by atoms with Crippen LogP contribution in [0.1, 0.15) is 35.8 Å². The van der Waals surface area contributed by atoms with E-state index < -0.39 is 0 Å². The zero-order chi connectivity index (χ0) is 14.9. The lowest BCUT2D eigenvalue weighted by molar-refractivity contribution is 0.0862. The standard InChI is InChI=1S/C15H25N3O3/c19-10-12-21-11-2-6-17-15(20)14-3-1-9-18(14)13-4-7-16-8-5-13/h1,3,9,13,16,19H,2,4-8,10-12H2,(H,17,20). The molecule has 21 heavy (non-hydrogen) atoms. The minimum absolute atomic E-state index is 0.0271. The van der Waals surface area contributed by atoms with Crippen molar-refractivity contribution in [3.63, 3.8) is 0 Å². The Morgan fingerprint density at radius 2 is 2.24 bits per heavy atom. The Kier molecular flexibility index (Phi) is 6.72. The molecule has 1 saturated heterocycles. The van der Waals surface area contributed by atoms with Gasteiger partial charge in [-0.2, -0.15) is 0 Å². The Bertz CT molecular complexity index is 428. The molecule has 3 N–H and O–H groups in total. The van der Waals surface area contributed by atoms with E-state index in [1.54, 1.807) is 0 Å². The first kappa shape index (κ1) is 16.0. The molecule has 0 unspecified atom stereocenters. The van der Waals surface area contributed by atoms with Crippen LogP contribution in [-0.2, 0) is 4.74 Å². The molecule has 2 rings (SSSR count). The highest BCUT2D eigenvalue weighted by molar-refractivity contribution is 5.92. The fourth-order valence-corrected chi connectivity index (χ4v) is 2.62. The lowest BCUT2D eigenvalue weighted by Crippen LogP contribution is -2.32. The fourth-order valence-electron chi connectivity index (χ4n) is 2.62. The second-order valence-corrected chi connectivity index (χ2v) is 5.23. The summed E-state index contributed by atoms with van der Waals surface area (Å²) in [5.41, 5.74) is 0.734. The number of amides is 1. The van der Waals surface area contributed by atoms with E-state index in [9.17, 15) is 4.79 Å². The molecule has 0 bridgehead atoms. The highest BCUT2D eigenvalue weighted by Gasteiger charge is 2.19. The monoisotopic (exact) mass is 295 g/mol. The van der Waals surface area contributed by atoms with Crippen LogP contribution in [0.25, 0.3) is 0 Å². The molecule has 1 aromatic rings. The van der Waals surface area contributed by atoms with Crippen LogP contribution in [0.5, 0.6) is 0 Å². The van der Waals surface area contributed by atoms with Gasteiger partial charge in [-0.25, -0.2) is 0 Å². The van der Waals surface area contributed by atoms with Gasteiger partial charge in [-0.05, 0) is 44.5 Å². The first-order chi connectivity index (χ1) is 10.3. The minimum Gasteiger partial charge on any atom is -0.394 e. The Hall–Kier alpha value is -1.37. The molecule has 118 valence electrons. The van der Waals surface area contributed by atoms with Gasteiger partial charge in [0.1, 0.15) is 5.69 Å². The largest absolute Gasteiger partial charge is 0.394 e. The van der Waals surface area contributed by atoms with Crippen LogP contribution in [0.2, 0.25) is 0 Å². The van der Waals surface area contributed by atoms with Crippen molar-refractivity contribution in [3.8, 4) is 0 Å². The molecule has 1 aliphatic rings. The van der Waals surface area contributed by atoms with Crippen molar-refractivity contribution in [2.24, 2.45) is 0 Å². The van der Waals surface area contributed by atoms with Gasteiger partial charge in [-0.15, -0.1) is 0 Å². The number of piperidine rings is 1. The molecule has 0 aromatic carbocycles. The third-order valence-electron chi connectivity index (χ3n) is 3.70. The Morgan fingerprint density at radius 3 is 3.00 bits per heavy atom. The van der Waals surface area contributed by atoms with Crippen molar-refractivity contribution in [1.82, 2.24) is 15.2 Å². The summed E-state index contributed by atoms with van der Waals surface area (Å²) in [6.07, 6.45) is 4.86. The first-order valence-electron chi connectivity index (χ1n) is 7.67. The van der Waals surface area contributed by atoms with Gasteiger partial charge in [0, 0.05) is 25.4 Å². The number of carbonyl (C=O) groups excluding carboxylic acids is 1. The number of aliphatic hydroxyl groups is 1. The number of rotatable bonds is 8. The highest BCUT2D eigenvalue weighted by Crippen LogP contribution is 2.21. The zero-order valence-electron chi connectivity index (χ0n) is 12.4. The predicted octanol–water partition coefficient (Wildman–Crippen LogP) is 0.541. The van der Waals surface area contributed by atoms with Crippen molar-refractivity contribution in [1.29, 1.82) is 0 Å². The second kappa shape index (κ2) is 8.81. The average molecular weight is 295 g/mol. The number of hydrogen-bond donors (Lipinski definition) is 3. The molecule has 1 amide bonds. The van der Waals surface area contributed by atoms with E-state index in [1.165, 1.54) is 0 Å². The molecule has 1 aromatic heterocycles. The molecule has 2 heterocycles. The summed E-state index contributed by atoms with van der Waals surface area (Å²) in [6, 6.07) is 4.22. The number of aliphatic hydroxyl groups excluding tert-OH is 1. The van der Waals surface area contributed by atoms with Crippen molar-refractivity contribution in [3.05, 3.63) is 24.0 Å². The molecule has 0 aliphatic carbocycles. The number of nitrogens with one attached hydrogen (secondary N) is 2. The van der Waals surface area contributed by atoms with Gasteiger partial charge >= 0.3 is 0 Å². The van der Waals surface area contributed by atoms with E-state index in [1.807, 2.05) is 18.3 Å². The van der Waals surface area contributed by atoms with E-state index in [0.717, 1.165) is 38.0 Å². The molecule has 0 atom stereocenters. The molecular weight excluding hydrogens is 270 g/mol. The van der Waals surface area contributed by atoms with Crippen LogP contribution in [0.3, 0.4) is 0 Å². The average Bonchev–Trinajstić information content (AvgIpc) is 3.01. The molecule has 1 aliphatic heterocycles. The maximum Gasteiger partial charge on any atom is 0.267 e. The van der Waals surface area contributed by atoms with Crippen LogP contribution in [0, 0.1) is 0 Å². The quantitative estimate of drug-likeness (QED) is 0.612. The van der Waals surface area contributed by atoms with Gasteiger partial charge in [-0.3, -0.25) is 4.79 Å². The SMILES string of the molecule is O=C(NCCCOCCO)c1cccn1C1CCNCC1. The number of nitrogens with zero attached hydrogens (tertiary/aromatic N) is 1. The molecular formula is C15H25N3O3. The van der Waals surface area contributed by atoms with E-state index in [-0.39, 0.29) is 12.5 Å². The molecule has 0 saturated carbocycles. The molecule has 0 radical (unpaired) electrons. The number of carbonyl (C=O) groups is 1. The van der Waals surface area contributed by atoms with Crippen LogP contribution < -0.4 is 10.6 Å². The van der Waals surface area contributed by atoms with E-state index in [2.05, 4.69) is 15.2 Å². The summed E-state index contributed by atoms with van der Waals surface area (Å²) in [6.45, 7) is 3.54. The third kappa shape index (κ3) is 4.84. The summed E-state index contributed by atoms with van der Waals surface area (Å²) < 4.78 is 7.26. The number of aromatic nitrogens is 1. The van der Waals surface area contributed by atoms with Gasteiger partial charge in [-0.1, -0.05) is 0 Å². The van der Waals surface area contributed by atoms with Crippen LogP contribution in [-0.4, -0.2) is 55.0 Å². The smallest absolute Gasteiger partial charge is 0.267 e. The number of hydrogen-bond acceptors (Lipinski definition) is 4. The maximum absolute atomic E-state index is 12.2. The Morgan fingerprint density at radius 1 is 1.43 bits per heavy atom. The minimum atomic E-state index is -0.0271. The molecule has 6 heteroatoms. The topological polar surface area (TPSA) is 75.5 Å². The Balaban J connectivity index is 1.78. The fraction of sp³-hybridized carbons (Fsp3) is 0.667. The lowest BCUT2D eigenvalue weighted by atomic mass is 10.1. The summed E-state index contributed by atoms with van der Waals surface area (Å²) in [4.78, 5) is 12.2.